The Bertz CT molecular complexity index is 340. The topological polar surface area (TPSA) is 37.4 Å². The summed E-state index contributed by atoms with van der Waals surface area (Å²) < 4.78 is 5.71. The van der Waals surface area contributed by atoms with Crippen molar-refractivity contribution in [3.63, 3.8) is 0 Å². The van der Waals surface area contributed by atoms with Gasteiger partial charge < -0.3 is 15.0 Å². The van der Waals surface area contributed by atoms with Crippen LogP contribution >= 0.6 is 0 Å². The molecule has 0 saturated carbocycles. The Balaban J connectivity index is 2.37. The van der Waals surface area contributed by atoms with E-state index in [2.05, 4.69) is 29.3 Å². The number of anilines is 1. The molecule has 0 spiro atoms. The molecular formula is C14H25N3O. The van der Waals surface area contributed by atoms with Crippen molar-refractivity contribution in [3.05, 3.63) is 18.3 Å². The molecule has 0 fully saturated rings. The van der Waals surface area contributed by atoms with Crippen LogP contribution in [0.1, 0.15) is 26.7 Å². The van der Waals surface area contributed by atoms with Gasteiger partial charge in [-0.25, -0.2) is 4.98 Å². The molecular weight excluding hydrogens is 226 g/mol. The molecule has 0 atom stereocenters. The van der Waals surface area contributed by atoms with E-state index in [1.807, 2.05) is 26.0 Å². The number of pyridine rings is 1. The third-order valence-electron chi connectivity index (χ3n) is 2.46. The van der Waals surface area contributed by atoms with Gasteiger partial charge in [-0.05, 0) is 59.5 Å². The number of unbranched alkanes of at least 4 members (excludes halogenated alkanes) is 1. The van der Waals surface area contributed by atoms with Crippen LogP contribution in [0.2, 0.25) is 0 Å². The van der Waals surface area contributed by atoms with E-state index in [1.165, 1.54) is 6.42 Å². The Hall–Kier alpha value is -1.29. The van der Waals surface area contributed by atoms with E-state index in [9.17, 15) is 0 Å². The Morgan fingerprint density at radius 3 is 2.78 bits per heavy atom. The van der Waals surface area contributed by atoms with Crippen molar-refractivity contribution in [2.45, 2.75) is 32.8 Å². The van der Waals surface area contributed by atoms with Gasteiger partial charge in [0.2, 0.25) is 0 Å². The summed E-state index contributed by atoms with van der Waals surface area (Å²) >= 11 is 0. The Morgan fingerprint density at radius 2 is 2.11 bits per heavy atom. The van der Waals surface area contributed by atoms with Crippen LogP contribution in [-0.4, -0.2) is 43.2 Å². The molecule has 4 heteroatoms. The first kappa shape index (κ1) is 14.8. The predicted molar refractivity (Wildman–Crippen MR) is 76.3 cm³/mol. The molecule has 1 aromatic heterocycles. The monoisotopic (exact) mass is 251 g/mol. The molecule has 4 nitrogen and oxygen atoms in total. The van der Waals surface area contributed by atoms with Gasteiger partial charge in [0.1, 0.15) is 0 Å². The van der Waals surface area contributed by atoms with Gasteiger partial charge in [0.05, 0.1) is 6.10 Å². The average Bonchev–Trinajstić information content (AvgIpc) is 2.29. The third kappa shape index (κ3) is 5.87. The number of hydrogen-bond donors (Lipinski definition) is 1. The second-order valence-corrected chi connectivity index (χ2v) is 4.95. The highest BCUT2D eigenvalue weighted by atomic mass is 16.5. The van der Waals surface area contributed by atoms with Crippen molar-refractivity contribution in [2.24, 2.45) is 0 Å². The van der Waals surface area contributed by atoms with Gasteiger partial charge in [0.25, 0.3) is 0 Å². The first-order valence-electron chi connectivity index (χ1n) is 6.60. The molecule has 0 bridgehead atoms. The van der Waals surface area contributed by atoms with Crippen molar-refractivity contribution >= 4 is 5.82 Å². The SMILES string of the molecule is CC(C)Oc1cccnc1NCCCCN(C)C. The van der Waals surface area contributed by atoms with Gasteiger partial charge in [0, 0.05) is 12.7 Å². The zero-order valence-corrected chi connectivity index (χ0v) is 11.9. The van der Waals surface area contributed by atoms with Crippen LogP contribution in [0.25, 0.3) is 0 Å². The number of nitrogens with one attached hydrogen (secondary N) is 1. The minimum atomic E-state index is 0.170. The summed E-state index contributed by atoms with van der Waals surface area (Å²) in [6, 6.07) is 3.85. The van der Waals surface area contributed by atoms with Gasteiger partial charge in [-0.15, -0.1) is 0 Å². The fourth-order valence-electron chi connectivity index (χ4n) is 1.63. The molecule has 0 aliphatic heterocycles. The molecule has 0 radical (unpaired) electrons. The zero-order chi connectivity index (χ0) is 13.4. The molecule has 0 unspecified atom stereocenters. The molecule has 0 saturated heterocycles. The normalized spacial score (nSPS) is 11.0. The lowest BCUT2D eigenvalue weighted by atomic mass is 10.3. The summed E-state index contributed by atoms with van der Waals surface area (Å²) in [5.74, 6) is 1.68. The summed E-state index contributed by atoms with van der Waals surface area (Å²) in [6.07, 6.45) is 4.28. The van der Waals surface area contributed by atoms with Gasteiger partial charge >= 0.3 is 0 Å². The van der Waals surface area contributed by atoms with E-state index in [-0.39, 0.29) is 6.10 Å². The molecule has 18 heavy (non-hydrogen) atoms. The van der Waals surface area contributed by atoms with E-state index in [0.717, 1.165) is 31.1 Å². The van der Waals surface area contributed by atoms with Crippen LogP contribution in [0.5, 0.6) is 5.75 Å². The predicted octanol–water partition coefficient (Wildman–Crippen LogP) is 2.62. The van der Waals surface area contributed by atoms with Crippen LogP contribution in [0.3, 0.4) is 0 Å². The summed E-state index contributed by atoms with van der Waals surface area (Å²) in [7, 11) is 4.20. The van der Waals surface area contributed by atoms with Crippen molar-refractivity contribution in [3.8, 4) is 5.75 Å². The first-order valence-corrected chi connectivity index (χ1v) is 6.60. The van der Waals surface area contributed by atoms with Crippen LogP contribution in [0.4, 0.5) is 5.82 Å². The molecule has 0 aliphatic carbocycles. The van der Waals surface area contributed by atoms with Gasteiger partial charge in [-0.2, -0.15) is 0 Å². The molecule has 1 aromatic rings. The van der Waals surface area contributed by atoms with Crippen molar-refractivity contribution in [1.29, 1.82) is 0 Å². The molecule has 1 N–H and O–H groups in total. The van der Waals surface area contributed by atoms with Gasteiger partial charge in [-0.1, -0.05) is 0 Å². The number of nitrogens with zero attached hydrogens (tertiary/aromatic N) is 2. The maximum absolute atomic E-state index is 5.71. The van der Waals surface area contributed by atoms with Gasteiger partial charge in [-0.3, -0.25) is 0 Å². The summed E-state index contributed by atoms with van der Waals surface area (Å²) in [6.45, 7) is 6.10. The Kier molecular flexibility index (Phi) is 6.50. The summed E-state index contributed by atoms with van der Waals surface area (Å²) in [5.41, 5.74) is 0. The number of hydrogen-bond acceptors (Lipinski definition) is 4. The Labute approximate surface area is 110 Å². The lowest BCUT2D eigenvalue weighted by Gasteiger charge is -2.14. The molecule has 0 amide bonds. The average molecular weight is 251 g/mol. The molecule has 1 rings (SSSR count). The summed E-state index contributed by atoms with van der Waals surface area (Å²) in [5, 5.41) is 3.34. The van der Waals surface area contributed by atoms with Crippen LogP contribution in [-0.2, 0) is 0 Å². The molecule has 0 aliphatic rings. The van der Waals surface area contributed by atoms with Crippen molar-refractivity contribution in [2.75, 3.05) is 32.5 Å². The lowest BCUT2D eigenvalue weighted by Crippen LogP contribution is -2.15. The highest BCUT2D eigenvalue weighted by Crippen LogP contribution is 2.21. The maximum Gasteiger partial charge on any atom is 0.168 e. The number of ether oxygens (including phenoxy) is 1. The van der Waals surface area contributed by atoms with E-state index in [0.29, 0.717) is 0 Å². The van der Waals surface area contributed by atoms with E-state index in [1.54, 1.807) is 6.20 Å². The minimum absolute atomic E-state index is 0.170. The lowest BCUT2D eigenvalue weighted by molar-refractivity contribution is 0.243. The molecule has 0 aromatic carbocycles. The van der Waals surface area contributed by atoms with Crippen LogP contribution in [0.15, 0.2) is 18.3 Å². The van der Waals surface area contributed by atoms with E-state index < -0.39 is 0 Å². The standard InChI is InChI=1S/C14H25N3O/c1-12(2)18-13-8-7-10-16-14(13)15-9-5-6-11-17(3)4/h7-8,10,12H,5-6,9,11H2,1-4H3,(H,15,16). The fraction of sp³-hybridized carbons (Fsp3) is 0.643. The van der Waals surface area contributed by atoms with E-state index >= 15 is 0 Å². The molecule has 1 heterocycles. The zero-order valence-electron chi connectivity index (χ0n) is 11.9. The largest absolute Gasteiger partial charge is 0.487 e. The second-order valence-electron chi connectivity index (χ2n) is 4.95. The van der Waals surface area contributed by atoms with Crippen molar-refractivity contribution in [1.82, 2.24) is 9.88 Å². The van der Waals surface area contributed by atoms with Crippen molar-refractivity contribution < 1.29 is 4.74 Å². The fourth-order valence-corrected chi connectivity index (χ4v) is 1.63. The molecule has 102 valence electrons. The first-order chi connectivity index (χ1) is 8.59. The summed E-state index contributed by atoms with van der Waals surface area (Å²) in [4.78, 5) is 6.52. The second kappa shape index (κ2) is 7.93. The minimum Gasteiger partial charge on any atom is -0.487 e. The van der Waals surface area contributed by atoms with Gasteiger partial charge in [0.15, 0.2) is 11.6 Å². The third-order valence-corrected chi connectivity index (χ3v) is 2.46. The highest BCUT2D eigenvalue weighted by Gasteiger charge is 2.05. The smallest absolute Gasteiger partial charge is 0.168 e. The maximum atomic E-state index is 5.71. The quantitative estimate of drug-likeness (QED) is 0.721. The van der Waals surface area contributed by atoms with Crippen LogP contribution < -0.4 is 10.1 Å². The number of aromatic nitrogens is 1. The van der Waals surface area contributed by atoms with E-state index in [4.69, 9.17) is 4.74 Å². The Morgan fingerprint density at radius 1 is 1.33 bits per heavy atom. The van der Waals surface area contributed by atoms with Crippen LogP contribution in [0, 0.1) is 0 Å². The highest BCUT2D eigenvalue weighted by molar-refractivity contribution is 5.49. The number of rotatable bonds is 8.